The lowest BCUT2D eigenvalue weighted by molar-refractivity contribution is -0.384. The van der Waals surface area contributed by atoms with Crippen LogP contribution in [0.5, 0.6) is 0 Å². The summed E-state index contributed by atoms with van der Waals surface area (Å²) in [4.78, 5) is 31.4. The third kappa shape index (κ3) is 5.76. The van der Waals surface area contributed by atoms with Gasteiger partial charge in [-0.1, -0.05) is 29.0 Å². The normalized spacial score (nSPS) is 11.1. The first kappa shape index (κ1) is 23.8. The van der Waals surface area contributed by atoms with E-state index in [1.165, 1.54) is 29.5 Å². The molecule has 0 saturated carbocycles. The monoisotopic (exact) mass is 466 g/mol. The van der Waals surface area contributed by atoms with Crippen molar-refractivity contribution in [2.75, 3.05) is 32.1 Å². The third-order valence-corrected chi connectivity index (χ3v) is 5.50. The van der Waals surface area contributed by atoms with Crippen LogP contribution in [-0.4, -0.2) is 47.9 Å². The average molecular weight is 467 g/mol. The Kier molecular flexibility index (Phi) is 8.31. The maximum absolute atomic E-state index is 12.9. The molecule has 0 radical (unpaired) electrons. The molecular weight excluding hydrogens is 447 g/mol. The van der Waals surface area contributed by atoms with Crippen LogP contribution in [0.3, 0.4) is 0 Å². The van der Waals surface area contributed by atoms with Crippen LogP contribution in [0.1, 0.15) is 5.56 Å². The number of aromatic nitrogens is 1. The number of nitrogens with zero attached hydrogens (tertiary/aromatic N) is 4. The largest absolute Gasteiger partial charge is 0.308 e. The lowest BCUT2D eigenvalue weighted by Gasteiger charge is -2.20. The van der Waals surface area contributed by atoms with Crippen molar-refractivity contribution in [1.82, 2.24) is 9.88 Å². The fraction of sp³-hybridized carbons (Fsp3) is 0.200. The van der Waals surface area contributed by atoms with E-state index < -0.39 is 4.92 Å². The second-order valence-electron chi connectivity index (χ2n) is 6.56. The van der Waals surface area contributed by atoms with E-state index in [1.54, 1.807) is 29.2 Å². The van der Waals surface area contributed by atoms with Crippen molar-refractivity contribution < 1.29 is 9.72 Å². The Balaban J connectivity index is 0.00000320. The van der Waals surface area contributed by atoms with Crippen LogP contribution >= 0.6 is 35.3 Å². The summed E-state index contributed by atoms with van der Waals surface area (Å²) in [5.74, 6) is -0.222. The van der Waals surface area contributed by atoms with Crippen molar-refractivity contribution in [3.63, 3.8) is 0 Å². The minimum absolute atomic E-state index is 0. The highest BCUT2D eigenvalue weighted by Gasteiger charge is 2.19. The maximum Gasteiger partial charge on any atom is 0.269 e. The number of hydrogen-bond acceptors (Lipinski definition) is 6. The molecule has 1 amide bonds. The summed E-state index contributed by atoms with van der Waals surface area (Å²) in [6, 6.07) is 11.6. The van der Waals surface area contributed by atoms with E-state index in [1.807, 2.05) is 31.1 Å². The summed E-state index contributed by atoms with van der Waals surface area (Å²) in [6.07, 6.45) is 3.08. The van der Waals surface area contributed by atoms with Crippen LogP contribution < -0.4 is 4.90 Å². The van der Waals surface area contributed by atoms with Gasteiger partial charge in [0.2, 0.25) is 0 Å². The number of non-ortho nitro benzene ring substituents is 1. The Bertz CT molecular complexity index is 1070. The number of halogens is 2. The Hall–Kier alpha value is -2.52. The highest BCUT2D eigenvalue weighted by atomic mass is 35.5. The molecule has 158 valence electrons. The predicted octanol–water partition coefficient (Wildman–Crippen LogP) is 4.89. The van der Waals surface area contributed by atoms with E-state index in [2.05, 4.69) is 4.98 Å². The van der Waals surface area contributed by atoms with Gasteiger partial charge in [-0.05, 0) is 50.0 Å². The van der Waals surface area contributed by atoms with Crippen molar-refractivity contribution in [1.29, 1.82) is 0 Å². The summed E-state index contributed by atoms with van der Waals surface area (Å²) in [6.45, 7) is 1.13. The molecule has 2 aromatic carbocycles. The number of fused-ring (bicyclic) bond motifs is 1. The van der Waals surface area contributed by atoms with Gasteiger partial charge in [-0.15, -0.1) is 12.4 Å². The number of carbonyl (C=O) groups is 1. The SMILES string of the molecule is CN(C)CCN(C(=O)C=Cc1ccc([N+](=O)[O-])cc1)c1nc2c(Cl)cccc2s1.Cl. The molecule has 0 saturated heterocycles. The van der Waals surface area contributed by atoms with Gasteiger partial charge < -0.3 is 4.90 Å². The van der Waals surface area contributed by atoms with E-state index in [0.29, 0.717) is 34.3 Å². The molecular formula is C20H20Cl2N4O3S. The molecule has 0 aliphatic heterocycles. The summed E-state index contributed by atoms with van der Waals surface area (Å²) < 4.78 is 0.912. The second-order valence-corrected chi connectivity index (χ2v) is 7.97. The smallest absolute Gasteiger partial charge is 0.269 e. The first-order chi connectivity index (χ1) is 13.8. The summed E-state index contributed by atoms with van der Waals surface area (Å²) in [7, 11) is 3.87. The van der Waals surface area contributed by atoms with Crippen LogP contribution in [-0.2, 0) is 4.79 Å². The van der Waals surface area contributed by atoms with Gasteiger partial charge in [0.1, 0.15) is 5.52 Å². The predicted molar refractivity (Wildman–Crippen MR) is 125 cm³/mol. The van der Waals surface area contributed by atoms with Crippen LogP contribution in [0.4, 0.5) is 10.8 Å². The highest BCUT2D eigenvalue weighted by Crippen LogP contribution is 2.33. The molecule has 3 aromatic rings. The number of rotatable bonds is 7. The van der Waals surface area contributed by atoms with Crippen molar-refractivity contribution in [2.24, 2.45) is 0 Å². The molecule has 0 fully saturated rings. The Morgan fingerprint density at radius 1 is 1.20 bits per heavy atom. The van der Waals surface area contributed by atoms with Crippen LogP contribution in [0.15, 0.2) is 48.5 Å². The van der Waals surface area contributed by atoms with Gasteiger partial charge in [-0.3, -0.25) is 19.8 Å². The molecule has 0 N–H and O–H groups in total. The van der Waals surface area contributed by atoms with Crippen molar-refractivity contribution in [3.8, 4) is 0 Å². The zero-order valence-corrected chi connectivity index (χ0v) is 18.7. The number of amides is 1. The molecule has 30 heavy (non-hydrogen) atoms. The third-order valence-electron chi connectivity index (χ3n) is 4.15. The number of benzene rings is 2. The van der Waals surface area contributed by atoms with Crippen LogP contribution in [0.25, 0.3) is 16.3 Å². The van der Waals surface area contributed by atoms with Gasteiger partial charge in [-0.25, -0.2) is 4.98 Å². The maximum atomic E-state index is 12.9. The summed E-state index contributed by atoms with van der Waals surface area (Å²) in [5, 5.41) is 11.9. The quantitative estimate of drug-likeness (QED) is 0.281. The molecule has 0 bridgehead atoms. The van der Waals surface area contributed by atoms with E-state index in [9.17, 15) is 14.9 Å². The number of para-hydroxylation sites is 1. The van der Waals surface area contributed by atoms with Gasteiger partial charge in [0.25, 0.3) is 11.6 Å². The average Bonchev–Trinajstić information content (AvgIpc) is 3.12. The number of nitro groups is 1. The zero-order valence-electron chi connectivity index (χ0n) is 16.3. The number of carbonyl (C=O) groups excluding carboxylic acids is 1. The fourth-order valence-electron chi connectivity index (χ4n) is 2.58. The molecule has 0 unspecified atom stereocenters. The molecule has 0 spiro atoms. The number of thiazole rings is 1. The van der Waals surface area contributed by atoms with E-state index in [4.69, 9.17) is 11.6 Å². The molecule has 3 rings (SSSR count). The van der Waals surface area contributed by atoms with Gasteiger partial charge in [0, 0.05) is 31.3 Å². The molecule has 0 atom stereocenters. The lowest BCUT2D eigenvalue weighted by atomic mass is 10.2. The van der Waals surface area contributed by atoms with Gasteiger partial charge >= 0.3 is 0 Å². The first-order valence-electron chi connectivity index (χ1n) is 8.79. The molecule has 0 aliphatic carbocycles. The Morgan fingerprint density at radius 2 is 1.90 bits per heavy atom. The minimum atomic E-state index is -0.458. The van der Waals surface area contributed by atoms with Gasteiger partial charge in [-0.2, -0.15) is 0 Å². The minimum Gasteiger partial charge on any atom is -0.308 e. The van der Waals surface area contributed by atoms with E-state index >= 15 is 0 Å². The van der Waals surface area contributed by atoms with Crippen LogP contribution in [0.2, 0.25) is 5.02 Å². The summed E-state index contributed by atoms with van der Waals surface area (Å²) in [5.41, 5.74) is 1.38. The number of likely N-dealkylation sites (N-methyl/N-ethyl adjacent to an activating group) is 1. The zero-order chi connectivity index (χ0) is 21.0. The lowest BCUT2D eigenvalue weighted by Crippen LogP contribution is -2.35. The standard InChI is InChI=1S/C20H19ClN4O3S.ClH/c1-23(2)12-13-24(20-22-19-16(21)4-3-5-17(19)29-20)18(26)11-8-14-6-9-15(10-7-14)25(27)28;/h3-11H,12-13H2,1-2H3;1H. The number of hydrogen-bond donors (Lipinski definition) is 0. The van der Waals surface area contributed by atoms with Crippen molar-refractivity contribution in [2.45, 2.75) is 0 Å². The molecule has 1 heterocycles. The molecule has 0 aliphatic rings. The van der Waals surface area contributed by atoms with E-state index in [-0.39, 0.29) is 24.0 Å². The molecule has 1 aromatic heterocycles. The number of nitro benzene ring substituents is 1. The fourth-order valence-corrected chi connectivity index (χ4v) is 3.88. The van der Waals surface area contributed by atoms with E-state index in [0.717, 1.165) is 4.70 Å². The first-order valence-corrected chi connectivity index (χ1v) is 9.98. The van der Waals surface area contributed by atoms with Crippen molar-refractivity contribution >= 4 is 68.4 Å². The Morgan fingerprint density at radius 3 is 2.50 bits per heavy atom. The number of anilines is 1. The molecule has 7 nitrogen and oxygen atoms in total. The van der Waals surface area contributed by atoms with Gasteiger partial charge in [0.05, 0.1) is 14.6 Å². The Labute approximate surface area is 189 Å². The topological polar surface area (TPSA) is 79.6 Å². The van der Waals surface area contributed by atoms with Gasteiger partial charge in [0.15, 0.2) is 5.13 Å². The van der Waals surface area contributed by atoms with Crippen molar-refractivity contribution in [3.05, 3.63) is 69.2 Å². The molecule has 10 heteroatoms. The highest BCUT2D eigenvalue weighted by molar-refractivity contribution is 7.22. The summed E-state index contributed by atoms with van der Waals surface area (Å²) >= 11 is 7.64. The second kappa shape index (κ2) is 10.5. The van der Waals surface area contributed by atoms with Crippen LogP contribution in [0, 0.1) is 10.1 Å².